The monoisotopic (exact) mass is 370 g/mol. The van der Waals surface area contributed by atoms with Crippen LogP contribution in [0.2, 0.25) is 0 Å². The smallest absolute Gasteiger partial charge is 0.276 e. The molecule has 0 saturated carbocycles. The number of nitrogens with one attached hydrogen (secondary N) is 2. The second-order valence-corrected chi connectivity index (χ2v) is 5.81. The molecular weight excluding hydrogens is 354 g/mol. The van der Waals surface area contributed by atoms with Crippen LogP contribution in [0.15, 0.2) is 60.8 Å². The van der Waals surface area contributed by atoms with E-state index < -0.39 is 23.6 Å². The van der Waals surface area contributed by atoms with E-state index in [0.29, 0.717) is 11.4 Å². The van der Waals surface area contributed by atoms with E-state index in [4.69, 9.17) is 0 Å². The number of hydrogen-bond donors (Lipinski definition) is 2. The number of carbonyl (C=O) groups excluding carboxylic acids is 2. The summed E-state index contributed by atoms with van der Waals surface area (Å²) in [6, 6.07) is 11.5. The predicted octanol–water partition coefficient (Wildman–Crippen LogP) is 3.61. The molecule has 0 radical (unpaired) electrons. The quantitative estimate of drug-likeness (QED) is 0.720. The van der Waals surface area contributed by atoms with E-state index in [1.54, 1.807) is 6.92 Å². The van der Waals surface area contributed by atoms with Gasteiger partial charge in [-0.15, -0.1) is 0 Å². The van der Waals surface area contributed by atoms with Gasteiger partial charge in [-0.05, 0) is 61.5 Å². The Hall–Kier alpha value is -3.55. The Labute approximate surface area is 153 Å². The summed E-state index contributed by atoms with van der Waals surface area (Å²) in [6.45, 7) is 1.62. The summed E-state index contributed by atoms with van der Waals surface area (Å²) < 4.78 is 27.2. The fourth-order valence-corrected chi connectivity index (χ4v) is 2.30. The molecule has 0 saturated heterocycles. The van der Waals surface area contributed by atoms with Crippen LogP contribution in [-0.4, -0.2) is 21.6 Å². The average molecular weight is 370 g/mol. The Morgan fingerprint density at radius 2 is 1.41 bits per heavy atom. The Morgan fingerprint density at radius 1 is 0.889 bits per heavy atom. The van der Waals surface area contributed by atoms with E-state index in [0.717, 1.165) is 0 Å². The third-order valence-electron chi connectivity index (χ3n) is 3.83. The van der Waals surface area contributed by atoms with Crippen molar-refractivity contribution in [1.82, 2.24) is 9.78 Å². The van der Waals surface area contributed by atoms with Gasteiger partial charge in [-0.2, -0.15) is 5.10 Å². The fourth-order valence-electron chi connectivity index (χ4n) is 2.30. The van der Waals surface area contributed by atoms with Gasteiger partial charge in [0, 0.05) is 17.6 Å². The van der Waals surface area contributed by atoms with E-state index in [1.165, 1.54) is 65.5 Å². The van der Waals surface area contributed by atoms with Crippen LogP contribution >= 0.6 is 0 Å². The summed E-state index contributed by atoms with van der Waals surface area (Å²) in [7, 11) is 0. The van der Waals surface area contributed by atoms with Gasteiger partial charge < -0.3 is 10.6 Å². The molecule has 0 bridgehead atoms. The first-order chi connectivity index (χ1) is 12.9. The standard InChI is InChI=1S/C19H16F2N4O2/c1-12(18(26)22-15-6-2-13(20)3-7-15)25-11-10-17(24-25)19(27)23-16-8-4-14(21)5-9-16/h2-12H,1H3,(H,22,26)(H,23,27)/t12-/m1/s1. The van der Waals surface area contributed by atoms with Crippen molar-refractivity contribution < 1.29 is 18.4 Å². The molecule has 1 atom stereocenters. The highest BCUT2D eigenvalue weighted by atomic mass is 19.1. The Balaban J connectivity index is 1.64. The molecule has 3 rings (SSSR count). The number of hydrogen-bond acceptors (Lipinski definition) is 3. The normalized spacial score (nSPS) is 11.7. The first kappa shape index (κ1) is 18.2. The van der Waals surface area contributed by atoms with Gasteiger partial charge in [-0.25, -0.2) is 8.78 Å². The summed E-state index contributed by atoms with van der Waals surface area (Å²) in [6.07, 6.45) is 1.51. The van der Waals surface area contributed by atoms with E-state index in [1.807, 2.05) is 0 Å². The second-order valence-electron chi connectivity index (χ2n) is 5.81. The average Bonchev–Trinajstić information content (AvgIpc) is 3.15. The first-order valence-corrected chi connectivity index (χ1v) is 8.11. The maximum Gasteiger partial charge on any atom is 0.276 e. The molecular formula is C19H16F2N4O2. The number of aromatic nitrogens is 2. The second kappa shape index (κ2) is 7.77. The summed E-state index contributed by atoms with van der Waals surface area (Å²) in [5.74, 6) is -1.65. The van der Waals surface area contributed by atoms with Gasteiger partial charge in [0.05, 0.1) is 0 Å². The molecule has 0 aliphatic heterocycles. The van der Waals surface area contributed by atoms with Gasteiger partial charge in [-0.3, -0.25) is 14.3 Å². The third-order valence-corrected chi connectivity index (χ3v) is 3.83. The molecule has 2 N–H and O–H groups in total. The zero-order valence-electron chi connectivity index (χ0n) is 14.3. The Morgan fingerprint density at radius 3 is 1.96 bits per heavy atom. The lowest BCUT2D eigenvalue weighted by atomic mass is 10.2. The molecule has 0 unspecified atom stereocenters. The fraction of sp³-hybridized carbons (Fsp3) is 0.105. The number of halogens is 2. The molecule has 2 aromatic carbocycles. The highest BCUT2D eigenvalue weighted by Gasteiger charge is 2.18. The van der Waals surface area contributed by atoms with E-state index in [2.05, 4.69) is 15.7 Å². The van der Waals surface area contributed by atoms with Gasteiger partial charge in [0.15, 0.2) is 5.69 Å². The topological polar surface area (TPSA) is 76.0 Å². The van der Waals surface area contributed by atoms with Crippen LogP contribution < -0.4 is 10.6 Å². The largest absolute Gasteiger partial charge is 0.324 e. The summed E-state index contributed by atoms with van der Waals surface area (Å²) in [4.78, 5) is 24.5. The molecule has 27 heavy (non-hydrogen) atoms. The lowest BCUT2D eigenvalue weighted by molar-refractivity contribution is -0.119. The highest BCUT2D eigenvalue weighted by molar-refractivity contribution is 6.02. The van der Waals surface area contributed by atoms with Crippen molar-refractivity contribution in [2.24, 2.45) is 0 Å². The molecule has 0 aliphatic rings. The van der Waals surface area contributed by atoms with E-state index in [9.17, 15) is 18.4 Å². The lowest BCUT2D eigenvalue weighted by Crippen LogP contribution is -2.24. The van der Waals surface area contributed by atoms with Crippen molar-refractivity contribution in [3.63, 3.8) is 0 Å². The third kappa shape index (κ3) is 4.55. The maximum absolute atomic E-state index is 12.9. The van der Waals surface area contributed by atoms with Crippen molar-refractivity contribution in [3.05, 3.63) is 78.1 Å². The van der Waals surface area contributed by atoms with Gasteiger partial charge >= 0.3 is 0 Å². The number of anilines is 2. The van der Waals surface area contributed by atoms with Crippen LogP contribution in [0.1, 0.15) is 23.5 Å². The summed E-state index contributed by atoms with van der Waals surface area (Å²) in [5.41, 5.74) is 0.994. The lowest BCUT2D eigenvalue weighted by Gasteiger charge is -2.12. The van der Waals surface area contributed by atoms with Crippen LogP contribution in [0.5, 0.6) is 0 Å². The zero-order chi connectivity index (χ0) is 19.4. The molecule has 1 aromatic heterocycles. The zero-order valence-corrected chi connectivity index (χ0v) is 14.3. The number of rotatable bonds is 5. The van der Waals surface area contributed by atoms with Crippen LogP contribution in [0.3, 0.4) is 0 Å². The first-order valence-electron chi connectivity index (χ1n) is 8.11. The maximum atomic E-state index is 12.9. The van der Waals surface area contributed by atoms with Crippen LogP contribution in [0, 0.1) is 11.6 Å². The van der Waals surface area contributed by atoms with Crippen molar-refractivity contribution in [2.45, 2.75) is 13.0 Å². The van der Waals surface area contributed by atoms with Gasteiger partial charge in [0.1, 0.15) is 17.7 Å². The SMILES string of the molecule is C[C@H](C(=O)Nc1ccc(F)cc1)n1ccc(C(=O)Nc2ccc(F)cc2)n1. The highest BCUT2D eigenvalue weighted by Crippen LogP contribution is 2.14. The number of nitrogens with zero attached hydrogens (tertiary/aromatic N) is 2. The Kier molecular flexibility index (Phi) is 5.25. The minimum Gasteiger partial charge on any atom is -0.324 e. The van der Waals surface area contributed by atoms with Crippen LogP contribution in [0.4, 0.5) is 20.2 Å². The molecule has 0 spiro atoms. The number of amides is 2. The van der Waals surface area contributed by atoms with Crippen molar-refractivity contribution in [2.75, 3.05) is 10.6 Å². The summed E-state index contributed by atoms with van der Waals surface area (Å²) >= 11 is 0. The molecule has 138 valence electrons. The van der Waals surface area contributed by atoms with Crippen molar-refractivity contribution in [3.8, 4) is 0 Å². The number of benzene rings is 2. The number of carbonyl (C=O) groups is 2. The van der Waals surface area contributed by atoms with Crippen molar-refractivity contribution in [1.29, 1.82) is 0 Å². The van der Waals surface area contributed by atoms with Crippen molar-refractivity contribution >= 4 is 23.2 Å². The van der Waals surface area contributed by atoms with Gasteiger partial charge in [0.2, 0.25) is 5.91 Å². The van der Waals surface area contributed by atoms with E-state index >= 15 is 0 Å². The van der Waals surface area contributed by atoms with Gasteiger partial charge in [0.25, 0.3) is 5.91 Å². The molecule has 8 heteroatoms. The van der Waals surface area contributed by atoms with E-state index in [-0.39, 0.29) is 11.6 Å². The molecule has 2 amide bonds. The molecule has 0 fully saturated rings. The minimum atomic E-state index is -0.692. The van der Waals surface area contributed by atoms with Gasteiger partial charge in [-0.1, -0.05) is 0 Å². The molecule has 3 aromatic rings. The minimum absolute atomic E-state index is 0.112. The van der Waals surface area contributed by atoms with Crippen LogP contribution in [0.25, 0.3) is 0 Å². The molecule has 1 heterocycles. The molecule has 6 nitrogen and oxygen atoms in total. The summed E-state index contributed by atoms with van der Waals surface area (Å²) in [5, 5.41) is 9.35. The van der Waals surface area contributed by atoms with Crippen LogP contribution in [-0.2, 0) is 4.79 Å². The predicted molar refractivity (Wildman–Crippen MR) is 96.3 cm³/mol. The molecule has 0 aliphatic carbocycles. The Bertz CT molecular complexity index is 953.